The number of thiocarbonyl (C=S) groups is 1. The van der Waals surface area contributed by atoms with E-state index in [1.165, 1.54) is 5.37 Å². The van der Waals surface area contributed by atoms with Crippen LogP contribution < -0.4 is 5.32 Å². The smallest absolute Gasteiger partial charge is 0.234 e. The second-order valence-electron chi connectivity index (χ2n) is 4.98. The van der Waals surface area contributed by atoms with Crippen LogP contribution in [0.1, 0.15) is 19.8 Å². The first-order valence-electron chi connectivity index (χ1n) is 4.85. The van der Waals surface area contributed by atoms with Crippen molar-refractivity contribution in [2.75, 3.05) is 0 Å². The minimum Gasteiger partial charge on any atom is -0.296 e. The number of hydrogen-bond donors (Lipinski definition) is 1. The van der Waals surface area contributed by atoms with Gasteiger partial charge in [-0.3, -0.25) is 14.9 Å². The maximum Gasteiger partial charge on any atom is 0.234 e. The van der Waals surface area contributed by atoms with Crippen molar-refractivity contribution in [1.29, 1.82) is 0 Å². The molecule has 2 aliphatic carbocycles. The molecule has 74 valence electrons. The Morgan fingerprint density at radius 1 is 1.50 bits per heavy atom. The Hall–Kier alpha value is -0.770. The van der Waals surface area contributed by atoms with Crippen LogP contribution in [-0.2, 0) is 9.59 Å². The van der Waals surface area contributed by atoms with Crippen LogP contribution >= 0.6 is 12.2 Å². The lowest BCUT2D eigenvalue weighted by atomic mass is 9.95. The second-order valence-corrected chi connectivity index (χ2v) is 5.26. The molecule has 3 aliphatic rings. The third-order valence-electron chi connectivity index (χ3n) is 4.40. The van der Waals surface area contributed by atoms with Crippen LogP contribution in [0.3, 0.4) is 0 Å². The first kappa shape index (κ1) is 8.53. The number of hydrogen-bond acceptors (Lipinski definition) is 3. The summed E-state index contributed by atoms with van der Waals surface area (Å²) in [4.78, 5) is 23.0. The average Bonchev–Trinajstić information content (AvgIpc) is 2.84. The van der Waals surface area contributed by atoms with Gasteiger partial charge in [-0.05, 0) is 29.0 Å². The van der Waals surface area contributed by atoms with E-state index >= 15 is 0 Å². The lowest BCUT2D eigenvalue weighted by molar-refractivity contribution is -0.132. The minimum absolute atomic E-state index is 0.0805. The number of imide groups is 1. The van der Waals surface area contributed by atoms with Gasteiger partial charge in [0.05, 0.1) is 11.8 Å². The molecule has 1 saturated heterocycles. The molecular formula is C10H11NO2S. The molecule has 1 heterocycles. The summed E-state index contributed by atoms with van der Waals surface area (Å²) in [5, 5.41) is 3.94. The van der Waals surface area contributed by atoms with Gasteiger partial charge in [0, 0.05) is 0 Å². The summed E-state index contributed by atoms with van der Waals surface area (Å²) >= 11 is 4.83. The summed E-state index contributed by atoms with van der Waals surface area (Å²) in [5.74, 6) is -0.453. The highest BCUT2D eigenvalue weighted by Gasteiger charge is 2.90. The van der Waals surface area contributed by atoms with E-state index in [2.05, 4.69) is 12.2 Å². The molecule has 1 N–H and O–H groups in total. The molecule has 3 unspecified atom stereocenters. The van der Waals surface area contributed by atoms with Crippen molar-refractivity contribution in [2.24, 2.45) is 22.7 Å². The van der Waals surface area contributed by atoms with Crippen molar-refractivity contribution in [3.63, 3.8) is 0 Å². The zero-order valence-corrected chi connectivity index (χ0v) is 8.69. The van der Waals surface area contributed by atoms with Gasteiger partial charge >= 0.3 is 0 Å². The summed E-state index contributed by atoms with van der Waals surface area (Å²) < 4.78 is 0. The van der Waals surface area contributed by atoms with Gasteiger partial charge in [0.15, 0.2) is 0 Å². The number of carbonyl (C=O) groups is 2. The lowest BCUT2D eigenvalue weighted by Crippen LogP contribution is -2.36. The SMILES string of the molecule is CC12CC13C[C@@H](C=S)C(=O)NC(=O)C23. The topological polar surface area (TPSA) is 46.2 Å². The maximum absolute atomic E-state index is 11.6. The summed E-state index contributed by atoms with van der Waals surface area (Å²) in [6, 6.07) is 0. The van der Waals surface area contributed by atoms with E-state index in [1.807, 2.05) is 0 Å². The summed E-state index contributed by atoms with van der Waals surface area (Å²) in [6.07, 6.45) is 1.86. The molecule has 4 atom stereocenters. The van der Waals surface area contributed by atoms with Crippen molar-refractivity contribution in [3.8, 4) is 0 Å². The maximum atomic E-state index is 11.6. The Labute approximate surface area is 87.2 Å². The predicted octanol–water partition coefficient (Wildman–Crippen LogP) is 0.675. The molecule has 3 fully saturated rings. The van der Waals surface area contributed by atoms with Crippen molar-refractivity contribution >= 4 is 29.4 Å². The summed E-state index contributed by atoms with van der Waals surface area (Å²) in [5.41, 5.74) is 0.317. The molecule has 2 amide bonds. The second kappa shape index (κ2) is 2.08. The van der Waals surface area contributed by atoms with Gasteiger partial charge < -0.3 is 0 Å². The van der Waals surface area contributed by atoms with Gasteiger partial charge in [-0.15, -0.1) is 0 Å². The van der Waals surface area contributed by atoms with E-state index in [4.69, 9.17) is 12.2 Å². The Morgan fingerprint density at radius 2 is 2.21 bits per heavy atom. The molecule has 2 saturated carbocycles. The van der Waals surface area contributed by atoms with Crippen molar-refractivity contribution in [3.05, 3.63) is 0 Å². The molecular weight excluding hydrogens is 198 g/mol. The molecule has 0 bridgehead atoms. The van der Waals surface area contributed by atoms with Crippen LogP contribution in [0.5, 0.6) is 0 Å². The number of nitrogens with one attached hydrogen (secondary N) is 1. The van der Waals surface area contributed by atoms with E-state index in [1.54, 1.807) is 0 Å². The summed E-state index contributed by atoms with van der Waals surface area (Å²) in [6.45, 7) is 2.13. The molecule has 1 spiro atoms. The van der Waals surface area contributed by atoms with E-state index in [0.717, 1.165) is 12.8 Å². The quantitative estimate of drug-likeness (QED) is 0.510. The van der Waals surface area contributed by atoms with Crippen LogP contribution in [0, 0.1) is 22.7 Å². The highest BCUT2D eigenvalue weighted by atomic mass is 32.1. The van der Waals surface area contributed by atoms with Gasteiger partial charge in [-0.2, -0.15) is 0 Å². The molecule has 3 nitrogen and oxygen atoms in total. The van der Waals surface area contributed by atoms with Gasteiger partial charge in [0.2, 0.25) is 11.8 Å². The molecule has 3 rings (SSSR count). The van der Waals surface area contributed by atoms with Crippen LogP contribution in [-0.4, -0.2) is 17.2 Å². The van der Waals surface area contributed by atoms with E-state index < -0.39 is 0 Å². The molecule has 0 radical (unpaired) electrons. The highest BCUT2D eigenvalue weighted by Crippen LogP contribution is 2.92. The van der Waals surface area contributed by atoms with E-state index in [0.29, 0.717) is 0 Å². The van der Waals surface area contributed by atoms with Crippen molar-refractivity contribution in [2.45, 2.75) is 19.8 Å². The van der Waals surface area contributed by atoms with Crippen LogP contribution in [0.4, 0.5) is 0 Å². The van der Waals surface area contributed by atoms with E-state index in [9.17, 15) is 9.59 Å². The Morgan fingerprint density at radius 3 is 2.79 bits per heavy atom. The minimum atomic E-state index is -0.247. The van der Waals surface area contributed by atoms with Crippen LogP contribution in [0.15, 0.2) is 0 Å². The number of amides is 2. The fourth-order valence-electron chi connectivity index (χ4n) is 3.37. The third kappa shape index (κ3) is 0.691. The lowest BCUT2D eigenvalue weighted by Gasteiger charge is -2.07. The van der Waals surface area contributed by atoms with Gasteiger partial charge in [-0.25, -0.2) is 0 Å². The number of rotatable bonds is 1. The van der Waals surface area contributed by atoms with Gasteiger partial charge in [-0.1, -0.05) is 19.1 Å². The standard InChI is InChI=1S/C10H11NO2S/c1-9-4-10(9)2-5(3-14)7(12)11-8(13)6(9)10/h3,5-6H,2,4H2,1H3,(H,11,12,13)/t5-,6?,9?,10?/m0/s1. The van der Waals surface area contributed by atoms with Crippen molar-refractivity contribution < 1.29 is 9.59 Å². The number of carbonyl (C=O) groups excluding carboxylic acids is 2. The van der Waals surface area contributed by atoms with Crippen molar-refractivity contribution in [1.82, 2.24) is 5.32 Å². The van der Waals surface area contributed by atoms with Gasteiger partial charge in [0.1, 0.15) is 0 Å². The first-order valence-corrected chi connectivity index (χ1v) is 5.32. The fraction of sp³-hybridized carbons (Fsp3) is 0.700. The van der Waals surface area contributed by atoms with Gasteiger partial charge in [0.25, 0.3) is 0 Å². The average molecular weight is 209 g/mol. The molecule has 0 aromatic rings. The summed E-state index contributed by atoms with van der Waals surface area (Å²) in [7, 11) is 0. The zero-order chi connectivity index (χ0) is 10.1. The largest absolute Gasteiger partial charge is 0.296 e. The molecule has 4 heteroatoms. The molecule has 0 aromatic heterocycles. The normalized spacial score (nSPS) is 53.8. The predicted molar refractivity (Wildman–Crippen MR) is 53.6 cm³/mol. The Balaban J connectivity index is 1.95. The molecule has 1 aliphatic heterocycles. The zero-order valence-electron chi connectivity index (χ0n) is 7.87. The number of fused-ring (bicyclic) bond motifs is 1. The third-order valence-corrected chi connectivity index (χ3v) is 4.72. The monoisotopic (exact) mass is 209 g/mol. The molecule has 14 heavy (non-hydrogen) atoms. The Kier molecular flexibility index (Phi) is 1.27. The highest BCUT2D eigenvalue weighted by molar-refractivity contribution is 7.79. The van der Waals surface area contributed by atoms with Crippen LogP contribution in [0.2, 0.25) is 0 Å². The molecule has 0 aromatic carbocycles. The van der Waals surface area contributed by atoms with Crippen LogP contribution in [0.25, 0.3) is 0 Å². The fourth-order valence-corrected chi connectivity index (χ4v) is 3.59. The van der Waals surface area contributed by atoms with E-state index in [-0.39, 0.29) is 34.5 Å². The first-order chi connectivity index (χ1) is 6.55. The Bertz CT molecular complexity index is 380.